The van der Waals surface area contributed by atoms with Gasteiger partial charge in [0.1, 0.15) is 0 Å². The van der Waals surface area contributed by atoms with E-state index in [2.05, 4.69) is 14.7 Å². The lowest BCUT2D eigenvalue weighted by molar-refractivity contribution is -0.154. The van der Waals surface area contributed by atoms with Crippen molar-refractivity contribution >= 4 is 11.9 Å². The van der Waals surface area contributed by atoms with Crippen LogP contribution in [-0.2, 0) is 14.3 Å². The number of carbonyl (C=O) groups excluding carboxylic acids is 1. The third kappa shape index (κ3) is 2.71. The number of morpholine rings is 1. The summed E-state index contributed by atoms with van der Waals surface area (Å²) in [6.07, 6.45) is 2.95. The lowest BCUT2D eigenvalue weighted by atomic mass is 10.3. The first kappa shape index (κ1) is 11.8. The van der Waals surface area contributed by atoms with Crippen LogP contribution in [0.3, 0.4) is 0 Å². The molecule has 0 radical (unpaired) electrons. The molecule has 0 aliphatic carbocycles. The highest BCUT2D eigenvalue weighted by Gasteiger charge is 2.28. The average molecular weight is 237 g/mol. The molecule has 17 heavy (non-hydrogen) atoms. The summed E-state index contributed by atoms with van der Waals surface area (Å²) in [6, 6.07) is 0. The van der Waals surface area contributed by atoms with Crippen molar-refractivity contribution in [3.05, 3.63) is 18.0 Å². The van der Waals surface area contributed by atoms with Crippen LogP contribution in [0.5, 0.6) is 0 Å². The Morgan fingerprint density at radius 1 is 1.53 bits per heavy atom. The first-order chi connectivity index (χ1) is 8.20. The Hall–Kier alpha value is -1.69. The van der Waals surface area contributed by atoms with E-state index in [1.54, 1.807) is 12.4 Å². The standard InChI is InChI=1S/C11H15N3O3/c1-8-5-12-11(13-6-8)14-3-4-17-9(7-14)10(15)16-2/h5-6,9H,3-4,7H2,1-2H3. The van der Waals surface area contributed by atoms with Gasteiger partial charge in [-0.25, -0.2) is 14.8 Å². The Bertz CT molecular complexity index is 393. The molecule has 1 fully saturated rings. The van der Waals surface area contributed by atoms with Crippen LogP contribution in [0.25, 0.3) is 0 Å². The number of aromatic nitrogens is 2. The number of aryl methyl sites for hydroxylation is 1. The van der Waals surface area contributed by atoms with Crippen molar-refractivity contribution in [1.82, 2.24) is 9.97 Å². The summed E-state index contributed by atoms with van der Waals surface area (Å²) in [5.41, 5.74) is 1.01. The van der Waals surface area contributed by atoms with Gasteiger partial charge in [-0.3, -0.25) is 0 Å². The number of esters is 1. The fourth-order valence-electron chi connectivity index (χ4n) is 1.65. The molecule has 1 atom stereocenters. The topological polar surface area (TPSA) is 64.5 Å². The highest BCUT2D eigenvalue weighted by Crippen LogP contribution is 2.13. The zero-order valence-electron chi connectivity index (χ0n) is 9.92. The maximum absolute atomic E-state index is 11.4. The second-order valence-electron chi connectivity index (χ2n) is 3.89. The first-order valence-corrected chi connectivity index (χ1v) is 5.43. The third-order valence-corrected chi connectivity index (χ3v) is 2.58. The number of ether oxygens (including phenoxy) is 2. The molecular formula is C11H15N3O3. The minimum atomic E-state index is -0.557. The molecule has 2 heterocycles. The Labute approximate surface area is 99.6 Å². The molecule has 1 saturated heterocycles. The lowest BCUT2D eigenvalue weighted by Crippen LogP contribution is -2.47. The van der Waals surface area contributed by atoms with E-state index in [0.29, 0.717) is 25.6 Å². The molecule has 1 aliphatic rings. The van der Waals surface area contributed by atoms with Crippen molar-refractivity contribution in [2.75, 3.05) is 31.7 Å². The smallest absolute Gasteiger partial charge is 0.336 e. The third-order valence-electron chi connectivity index (χ3n) is 2.58. The first-order valence-electron chi connectivity index (χ1n) is 5.43. The van der Waals surface area contributed by atoms with E-state index in [9.17, 15) is 4.79 Å². The van der Waals surface area contributed by atoms with Gasteiger partial charge in [-0.05, 0) is 12.5 Å². The van der Waals surface area contributed by atoms with Crippen molar-refractivity contribution in [3.63, 3.8) is 0 Å². The average Bonchev–Trinajstić information content (AvgIpc) is 2.39. The molecule has 0 spiro atoms. The summed E-state index contributed by atoms with van der Waals surface area (Å²) in [5, 5.41) is 0. The zero-order chi connectivity index (χ0) is 12.3. The van der Waals surface area contributed by atoms with Crippen molar-refractivity contribution in [2.24, 2.45) is 0 Å². The molecule has 6 nitrogen and oxygen atoms in total. The molecule has 0 aromatic carbocycles. The Morgan fingerprint density at radius 3 is 2.88 bits per heavy atom. The molecule has 1 aliphatic heterocycles. The normalized spacial score (nSPS) is 20.1. The number of rotatable bonds is 2. The molecule has 1 aromatic heterocycles. The quantitative estimate of drug-likeness (QED) is 0.683. The molecule has 0 saturated carbocycles. The van der Waals surface area contributed by atoms with E-state index in [0.717, 1.165) is 5.56 Å². The van der Waals surface area contributed by atoms with Crippen LogP contribution in [0.4, 0.5) is 5.95 Å². The SMILES string of the molecule is COC(=O)C1CN(c2ncc(C)cn2)CCO1. The van der Waals surface area contributed by atoms with E-state index >= 15 is 0 Å². The predicted octanol–water partition coefficient (Wildman–Crippen LogP) is 0.163. The maximum Gasteiger partial charge on any atom is 0.336 e. The second-order valence-corrected chi connectivity index (χ2v) is 3.89. The molecular weight excluding hydrogens is 222 g/mol. The monoisotopic (exact) mass is 237 g/mol. The highest BCUT2D eigenvalue weighted by molar-refractivity contribution is 5.75. The van der Waals surface area contributed by atoms with E-state index in [-0.39, 0.29) is 5.97 Å². The van der Waals surface area contributed by atoms with Gasteiger partial charge in [0.15, 0.2) is 6.10 Å². The van der Waals surface area contributed by atoms with Crippen LogP contribution in [0.15, 0.2) is 12.4 Å². The van der Waals surface area contributed by atoms with Gasteiger partial charge < -0.3 is 14.4 Å². The number of methoxy groups -OCH3 is 1. The van der Waals surface area contributed by atoms with Crippen molar-refractivity contribution in [3.8, 4) is 0 Å². The molecule has 0 N–H and O–H groups in total. The molecule has 0 bridgehead atoms. The molecule has 6 heteroatoms. The molecule has 1 unspecified atom stereocenters. The maximum atomic E-state index is 11.4. The van der Waals surface area contributed by atoms with Crippen LogP contribution in [0.2, 0.25) is 0 Å². The van der Waals surface area contributed by atoms with Crippen molar-refractivity contribution in [2.45, 2.75) is 13.0 Å². The summed E-state index contributed by atoms with van der Waals surface area (Å²) in [7, 11) is 1.35. The number of hydrogen-bond acceptors (Lipinski definition) is 6. The zero-order valence-corrected chi connectivity index (χ0v) is 9.92. The van der Waals surface area contributed by atoms with Gasteiger partial charge in [-0.15, -0.1) is 0 Å². The van der Waals surface area contributed by atoms with Gasteiger partial charge in [-0.2, -0.15) is 0 Å². The van der Waals surface area contributed by atoms with Crippen LogP contribution in [0.1, 0.15) is 5.56 Å². The Morgan fingerprint density at radius 2 is 2.24 bits per heavy atom. The molecule has 92 valence electrons. The van der Waals surface area contributed by atoms with E-state index in [1.165, 1.54) is 7.11 Å². The highest BCUT2D eigenvalue weighted by atomic mass is 16.6. The fourth-order valence-corrected chi connectivity index (χ4v) is 1.65. The van der Waals surface area contributed by atoms with Crippen LogP contribution >= 0.6 is 0 Å². The largest absolute Gasteiger partial charge is 0.467 e. The minimum absolute atomic E-state index is 0.359. The van der Waals surface area contributed by atoms with E-state index in [4.69, 9.17) is 4.74 Å². The van der Waals surface area contributed by atoms with Crippen molar-refractivity contribution < 1.29 is 14.3 Å². The van der Waals surface area contributed by atoms with E-state index < -0.39 is 6.10 Å². The van der Waals surface area contributed by atoms with Gasteiger partial charge in [0.25, 0.3) is 0 Å². The summed E-state index contributed by atoms with van der Waals surface area (Å²) in [5.74, 6) is 0.259. The second kappa shape index (κ2) is 5.09. The lowest BCUT2D eigenvalue weighted by Gasteiger charge is -2.31. The number of hydrogen-bond donors (Lipinski definition) is 0. The minimum Gasteiger partial charge on any atom is -0.467 e. The predicted molar refractivity (Wildman–Crippen MR) is 60.7 cm³/mol. The van der Waals surface area contributed by atoms with Gasteiger partial charge in [-0.1, -0.05) is 0 Å². The van der Waals surface area contributed by atoms with Gasteiger partial charge in [0.05, 0.1) is 20.3 Å². The fraction of sp³-hybridized carbons (Fsp3) is 0.545. The number of nitrogens with zero attached hydrogens (tertiary/aromatic N) is 3. The van der Waals surface area contributed by atoms with Gasteiger partial charge in [0, 0.05) is 18.9 Å². The summed E-state index contributed by atoms with van der Waals surface area (Å²) >= 11 is 0. The molecule has 0 amide bonds. The van der Waals surface area contributed by atoms with Crippen LogP contribution in [0, 0.1) is 6.92 Å². The molecule has 2 rings (SSSR count). The van der Waals surface area contributed by atoms with Gasteiger partial charge >= 0.3 is 5.97 Å². The van der Waals surface area contributed by atoms with Gasteiger partial charge in [0.2, 0.25) is 5.95 Å². The molecule has 1 aromatic rings. The van der Waals surface area contributed by atoms with Crippen LogP contribution < -0.4 is 4.90 Å². The summed E-state index contributed by atoms with van der Waals surface area (Å²) in [6.45, 7) is 3.50. The summed E-state index contributed by atoms with van der Waals surface area (Å²) in [4.78, 5) is 21.8. The van der Waals surface area contributed by atoms with E-state index in [1.807, 2.05) is 11.8 Å². The number of carbonyl (C=O) groups is 1. The summed E-state index contributed by atoms with van der Waals surface area (Å²) < 4.78 is 10.00. The van der Waals surface area contributed by atoms with Crippen molar-refractivity contribution in [1.29, 1.82) is 0 Å². The Balaban J connectivity index is 2.06. The number of anilines is 1. The Kier molecular flexibility index (Phi) is 3.53. The van der Waals surface area contributed by atoms with Crippen LogP contribution in [-0.4, -0.2) is 48.8 Å².